The molecule has 0 bridgehead atoms. The van der Waals surface area contributed by atoms with Crippen molar-refractivity contribution in [3.8, 4) is 0 Å². The van der Waals surface area contributed by atoms with Gasteiger partial charge in [0.2, 0.25) is 11.8 Å². The van der Waals surface area contributed by atoms with E-state index in [9.17, 15) is 31.2 Å². The molecule has 1 atom stereocenters. The molecular weight excluding hydrogens is 614 g/mol. The average molecular weight is 645 g/mol. The fourth-order valence-corrected chi connectivity index (χ4v) is 6.00. The normalized spacial score (nSPS) is 12.5. The fraction of sp³-hybridized carbons (Fsp3) is 0.310. The van der Waals surface area contributed by atoms with Crippen LogP contribution in [0, 0.1) is 0 Å². The van der Waals surface area contributed by atoms with Crippen LogP contribution in [0.2, 0.25) is 10.0 Å². The molecule has 3 aromatic rings. The van der Waals surface area contributed by atoms with Gasteiger partial charge in [0.15, 0.2) is 0 Å². The third-order valence-electron chi connectivity index (χ3n) is 6.46. The van der Waals surface area contributed by atoms with Gasteiger partial charge in [-0.1, -0.05) is 66.9 Å². The van der Waals surface area contributed by atoms with Crippen LogP contribution in [0.3, 0.4) is 0 Å². The van der Waals surface area contributed by atoms with Gasteiger partial charge in [-0.15, -0.1) is 0 Å². The summed E-state index contributed by atoms with van der Waals surface area (Å²) >= 11 is 12.7. The van der Waals surface area contributed by atoms with Gasteiger partial charge in [-0.3, -0.25) is 13.9 Å². The molecule has 1 N–H and O–H groups in total. The van der Waals surface area contributed by atoms with Crippen LogP contribution in [0.15, 0.2) is 77.7 Å². The SMILES string of the molecule is CCCCNC(=O)[C@@H](C)N(Cc1c(Cl)cccc1Cl)C(=O)CN(c1cccc(C(F)(F)F)c1)S(=O)(=O)c1ccccc1. The molecule has 0 aliphatic carbocycles. The zero-order valence-corrected chi connectivity index (χ0v) is 25.2. The Labute approximate surface area is 253 Å². The maximum Gasteiger partial charge on any atom is 0.416 e. The second kappa shape index (κ2) is 14.3. The Bertz CT molecular complexity index is 1490. The summed E-state index contributed by atoms with van der Waals surface area (Å²) in [6.45, 7) is 2.59. The quantitative estimate of drug-likeness (QED) is 0.227. The van der Waals surface area contributed by atoms with Crippen LogP contribution >= 0.6 is 23.2 Å². The molecule has 7 nitrogen and oxygen atoms in total. The first-order valence-corrected chi connectivity index (χ1v) is 15.2. The number of anilines is 1. The number of hydrogen-bond donors (Lipinski definition) is 1. The van der Waals surface area contributed by atoms with Crippen molar-refractivity contribution >= 4 is 50.7 Å². The second-order valence-electron chi connectivity index (χ2n) is 9.42. The number of hydrogen-bond acceptors (Lipinski definition) is 4. The maximum absolute atomic E-state index is 13.9. The van der Waals surface area contributed by atoms with Gasteiger partial charge in [-0.2, -0.15) is 13.2 Å². The maximum atomic E-state index is 13.9. The molecule has 0 aromatic heterocycles. The van der Waals surface area contributed by atoms with Gasteiger partial charge in [0.25, 0.3) is 10.0 Å². The molecule has 0 fully saturated rings. The Morgan fingerprint density at radius 2 is 1.57 bits per heavy atom. The van der Waals surface area contributed by atoms with E-state index >= 15 is 0 Å². The van der Waals surface area contributed by atoms with Crippen LogP contribution in [-0.4, -0.2) is 44.3 Å². The molecule has 226 valence electrons. The number of rotatable bonds is 12. The van der Waals surface area contributed by atoms with Gasteiger partial charge in [0.05, 0.1) is 16.1 Å². The minimum absolute atomic E-state index is 0.213. The number of nitrogens with one attached hydrogen (secondary N) is 1. The number of nitrogens with zero attached hydrogens (tertiary/aromatic N) is 2. The lowest BCUT2D eigenvalue weighted by atomic mass is 10.1. The molecule has 2 amide bonds. The van der Waals surface area contributed by atoms with Crippen LogP contribution < -0.4 is 9.62 Å². The lowest BCUT2D eigenvalue weighted by Crippen LogP contribution is -2.51. The van der Waals surface area contributed by atoms with Crippen LogP contribution in [0.5, 0.6) is 0 Å². The molecule has 0 heterocycles. The summed E-state index contributed by atoms with van der Waals surface area (Å²) in [6, 6.07) is 14.3. The van der Waals surface area contributed by atoms with Gasteiger partial charge in [0, 0.05) is 28.7 Å². The van der Waals surface area contributed by atoms with Crippen LogP contribution in [0.25, 0.3) is 0 Å². The molecule has 0 aliphatic heterocycles. The Kier molecular flexibility index (Phi) is 11.3. The molecule has 13 heteroatoms. The van der Waals surface area contributed by atoms with Crippen molar-refractivity contribution in [2.45, 2.75) is 50.3 Å². The zero-order valence-electron chi connectivity index (χ0n) is 22.9. The van der Waals surface area contributed by atoms with Crippen LogP contribution in [-0.2, 0) is 32.3 Å². The molecule has 0 saturated carbocycles. The number of carbonyl (C=O) groups is 2. The largest absolute Gasteiger partial charge is 0.416 e. The van der Waals surface area contributed by atoms with Gasteiger partial charge in [0.1, 0.15) is 12.6 Å². The molecule has 0 unspecified atom stereocenters. The van der Waals surface area contributed by atoms with E-state index in [-0.39, 0.29) is 27.2 Å². The van der Waals surface area contributed by atoms with E-state index in [0.29, 0.717) is 28.9 Å². The van der Waals surface area contributed by atoms with Crippen molar-refractivity contribution in [2.24, 2.45) is 0 Å². The zero-order chi connectivity index (χ0) is 31.1. The Balaban J connectivity index is 2.09. The molecule has 42 heavy (non-hydrogen) atoms. The third-order valence-corrected chi connectivity index (χ3v) is 8.95. The van der Waals surface area contributed by atoms with Crippen molar-refractivity contribution in [3.05, 3.63) is 94.0 Å². The molecule has 3 aromatic carbocycles. The first kappa shape index (κ1) is 33.2. The molecule has 0 radical (unpaired) electrons. The van der Waals surface area contributed by atoms with E-state index in [1.165, 1.54) is 37.3 Å². The van der Waals surface area contributed by atoms with Gasteiger partial charge >= 0.3 is 6.18 Å². The highest BCUT2D eigenvalue weighted by Gasteiger charge is 2.35. The first-order chi connectivity index (χ1) is 19.8. The summed E-state index contributed by atoms with van der Waals surface area (Å²) in [5.41, 5.74) is -1.15. The highest BCUT2D eigenvalue weighted by atomic mass is 35.5. The smallest absolute Gasteiger partial charge is 0.354 e. The van der Waals surface area contributed by atoms with Gasteiger partial charge in [-0.25, -0.2) is 8.42 Å². The number of carbonyl (C=O) groups excluding carboxylic acids is 2. The van der Waals surface area contributed by atoms with Gasteiger partial charge < -0.3 is 10.2 Å². The number of sulfonamides is 1. The van der Waals surface area contributed by atoms with Crippen molar-refractivity contribution in [2.75, 3.05) is 17.4 Å². The first-order valence-electron chi connectivity index (χ1n) is 13.0. The number of halogens is 5. The molecule has 0 spiro atoms. The average Bonchev–Trinajstić information content (AvgIpc) is 2.95. The number of benzene rings is 3. The summed E-state index contributed by atoms with van der Waals surface area (Å²) in [4.78, 5) is 27.8. The number of alkyl halides is 3. The number of amides is 2. The van der Waals surface area contributed by atoms with Crippen LogP contribution in [0.1, 0.15) is 37.8 Å². The highest BCUT2D eigenvalue weighted by Crippen LogP contribution is 2.34. The monoisotopic (exact) mass is 643 g/mol. The fourth-order valence-electron chi connectivity index (χ4n) is 4.06. The summed E-state index contributed by atoms with van der Waals surface area (Å²) in [6.07, 6.45) is -3.25. The van der Waals surface area contributed by atoms with Crippen molar-refractivity contribution in [3.63, 3.8) is 0 Å². The Hall–Kier alpha value is -3.28. The second-order valence-corrected chi connectivity index (χ2v) is 12.1. The topological polar surface area (TPSA) is 86.8 Å². The minimum atomic E-state index is -4.76. The van der Waals surface area contributed by atoms with E-state index < -0.39 is 46.2 Å². The van der Waals surface area contributed by atoms with E-state index in [4.69, 9.17) is 23.2 Å². The molecule has 0 aliphatic rings. The lowest BCUT2D eigenvalue weighted by molar-refractivity contribution is -0.139. The van der Waals surface area contributed by atoms with E-state index in [2.05, 4.69) is 5.32 Å². The summed E-state index contributed by atoms with van der Waals surface area (Å²) in [5, 5.41) is 3.17. The van der Waals surface area contributed by atoms with Crippen molar-refractivity contribution < 1.29 is 31.2 Å². The van der Waals surface area contributed by atoms with E-state index in [0.717, 1.165) is 23.5 Å². The minimum Gasteiger partial charge on any atom is -0.354 e. The van der Waals surface area contributed by atoms with Gasteiger partial charge in [-0.05, 0) is 55.8 Å². The summed E-state index contributed by atoms with van der Waals surface area (Å²) in [5.74, 6) is -1.36. The third kappa shape index (κ3) is 8.17. The number of unbranched alkanes of at least 4 members (excludes halogenated alkanes) is 1. The van der Waals surface area contributed by atoms with Crippen molar-refractivity contribution in [1.82, 2.24) is 10.2 Å². The molecule has 0 saturated heterocycles. The summed E-state index contributed by atoms with van der Waals surface area (Å²) in [7, 11) is -4.53. The molecular formula is C29H30Cl2F3N3O4S. The molecule has 3 rings (SSSR count). The standard InChI is InChI=1S/C29H30Cl2F3N3O4S/c1-3-4-16-35-28(39)20(2)36(18-24-25(30)14-9-15-26(24)31)27(38)19-37(42(40,41)23-12-6-5-7-13-23)22-11-8-10-21(17-22)29(32,33)34/h5-15,17,20H,3-4,16,18-19H2,1-2H3,(H,35,39)/t20-/m1/s1. The summed E-state index contributed by atoms with van der Waals surface area (Å²) < 4.78 is 68.8. The predicted molar refractivity (Wildman–Crippen MR) is 157 cm³/mol. The van der Waals surface area contributed by atoms with E-state index in [1.54, 1.807) is 24.3 Å². The van der Waals surface area contributed by atoms with E-state index in [1.807, 2.05) is 6.92 Å². The lowest BCUT2D eigenvalue weighted by Gasteiger charge is -2.32. The Morgan fingerprint density at radius 1 is 0.952 bits per heavy atom. The highest BCUT2D eigenvalue weighted by molar-refractivity contribution is 7.92. The predicted octanol–water partition coefficient (Wildman–Crippen LogP) is 6.54. The Morgan fingerprint density at radius 3 is 2.17 bits per heavy atom. The van der Waals surface area contributed by atoms with Crippen molar-refractivity contribution in [1.29, 1.82) is 0 Å². The van der Waals surface area contributed by atoms with Crippen LogP contribution in [0.4, 0.5) is 18.9 Å².